The number of halogens is 1. The van der Waals surface area contributed by atoms with E-state index in [1.807, 2.05) is 0 Å². The Morgan fingerprint density at radius 1 is 1.65 bits per heavy atom. The molecule has 1 saturated heterocycles. The number of aromatic nitrogens is 2. The molecular formula is C9H14ClN3O2S2. The zero-order valence-corrected chi connectivity index (χ0v) is 11.8. The van der Waals surface area contributed by atoms with Crippen molar-refractivity contribution in [2.75, 3.05) is 11.5 Å². The fourth-order valence-corrected chi connectivity index (χ4v) is 4.56. The number of nitrogens with one attached hydrogen (secondary N) is 1. The van der Waals surface area contributed by atoms with E-state index in [0.29, 0.717) is 0 Å². The maximum Gasteiger partial charge on any atom is 0.261 e. The molecule has 0 saturated carbocycles. The average Bonchev–Trinajstić information content (AvgIpc) is 2.61. The molecule has 1 aliphatic rings. The van der Waals surface area contributed by atoms with E-state index in [2.05, 4.69) is 9.71 Å². The van der Waals surface area contributed by atoms with Crippen LogP contribution in [-0.2, 0) is 17.1 Å². The minimum Gasteiger partial charge on any atom is -0.324 e. The van der Waals surface area contributed by atoms with Crippen LogP contribution in [0.25, 0.3) is 0 Å². The predicted octanol–water partition coefficient (Wildman–Crippen LogP) is 1.25. The number of hydrogen-bond acceptors (Lipinski definition) is 4. The van der Waals surface area contributed by atoms with Crippen molar-refractivity contribution in [3.05, 3.63) is 11.5 Å². The van der Waals surface area contributed by atoms with Gasteiger partial charge in [-0.1, -0.05) is 11.6 Å². The molecule has 1 fully saturated rings. The van der Waals surface area contributed by atoms with Crippen LogP contribution >= 0.6 is 23.4 Å². The molecule has 0 bridgehead atoms. The first-order chi connectivity index (χ1) is 8.00. The molecule has 0 aliphatic carbocycles. The molecule has 8 heteroatoms. The number of sulfonamides is 1. The summed E-state index contributed by atoms with van der Waals surface area (Å²) in [5, 5.41) is 0.0539. The lowest BCUT2D eigenvalue weighted by Crippen LogP contribution is -2.38. The van der Waals surface area contributed by atoms with Crippen LogP contribution in [0.3, 0.4) is 0 Å². The zero-order chi connectivity index (χ0) is 12.5. The first kappa shape index (κ1) is 13.2. The molecule has 0 aromatic carbocycles. The lowest BCUT2D eigenvalue weighted by molar-refractivity contribution is 0.540. The van der Waals surface area contributed by atoms with Crippen LogP contribution in [0.2, 0.25) is 5.15 Å². The fourth-order valence-electron chi connectivity index (χ4n) is 1.68. The summed E-state index contributed by atoms with van der Waals surface area (Å²) >= 11 is 7.65. The van der Waals surface area contributed by atoms with Gasteiger partial charge in [-0.05, 0) is 18.6 Å². The van der Waals surface area contributed by atoms with E-state index in [1.165, 1.54) is 10.9 Å². The van der Waals surface area contributed by atoms with E-state index in [1.54, 1.807) is 18.8 Å². The van der Waals surface area contributed by atoms with Gasteiger partial charge in [0.2, 0.25) is 5.03 Å². The molecule has 1 aliphatic heterocycles. The van der Waals surface area contributed by atoms with E-state index in [0.717, 1.165) is 24.3 Å². The number of imidazole rings is 1. The highest BCUT2D eigenvalue weighted by molar-refractivity contribution is 7.99. The molecular weight excluding hydrogens is 282 g/mol. The van der Waals surface area contributed by atoms with Crippen molar-refractivity contribution in [1.29, 1.82) is 0 Å². The Labute approximate surface area is 110 Å². The molecule has 0 radical (unpaired) electrons. The molecule has 0 amide bonds. The van der Waals surface area contributed by atoms with Crippen LogP contribution in [0.1, 0.15) is 12.8 Å². The van der Waals surface area contributed by atoms with Crippen molar-refractivity contribution in [1.82, 2.24) is 14.3 Å². The normalized spacial score (nSPS) is 21.6. The summed E-state index contributed by atoms with van der Waals surface area (Å²) in [4.78, 5) is 3.83. The van der Waals surface area contributed by atoms with Crippen LogP contribution in [0.5, 0.6) is 0 Å². The maximum atomic E-state index is 12.1. The van der Waals surface area contributed by atoms with Crippen LogP contribution in [0, 0.1) is 0 Å². The minimum atomic E-state index is -3.60. The third kappa shape index (κ3) is 2.96. The molecule has 1 unspecified atom stereocenters. The van der Waals surface area contributed by atoms with Gasteiger partial charge in [0.15, 0.2) is 0 Å². The first-order valence-corrected chi connectivity index (χ1v) is 8.29. The second-order valence-electron chi connectivity index (χ2n) is 3.99. The maximum absolute atomic E-state index is 12.1. The Kier molecular flexibility index (Phi) is 4.02. The van der Waals surface area contributed by atoms with Gasteiger partial charge < -0.3 is 4.57 Å². The largest absolute Gasteiger partial charge is 0.324 e. The summed E-state index contributed by atoms with van der Waals surface area (Å²) < 4.78 is 28.2. The Bertz CT molecular complexity index is 494. The smallest absolute Gasteiger partial charge is 0.261 e. The van der Waals surface area contributed by atoms with Crippen molar-refractivity contribution in [2.45, 2.75) is 23.9 Å². The number of nitrogens with zero attached hydrogens (tertiary/aromatic N) is 2. The van der Waals surface area contributed by atoms with Crippen LogP contribution in [-0.4, -0.2) is 35.5 Å². The highest BCUT2D eigenvalue weighted by Crippen LogP contribution is 2.22. The molecule has 17 heavy (non-hydrogen) atoms. The summed E-state index contributed by atoms with van der Waals surface area (Å²) in [6.45, 7) is 0. The van der Waals surface area contributed by atoms with E-state index in [4.69, 9.17) is 11.6 Å². The fraction of sp³-hybridized carbons (Fsp3) is 0.667. The minimum absolute atomic E-state index is 0.0168. The Hall–Kier alpha value is -0.240. The van der Waals surface area contributed by atoms with Crippen molar-refractivity contribution >= 4 is 33.4 Å². The third-order valence-electron chi connectivity index (χ3n) is 2.57. The van der Waals surface area contributed by atoms with Crippen molar-refractivity contribution < 1.29 is 8.42 Å². The molecule has 2 rings (SSSR count). The first-order valence-electron chi connectivity index (χ1n) is 5.27. The number of thioether (sulfide) groups is 1. The van der Waals surface area contributed by atoms with E-state index in [-0.39, 0.29) is 16.2 Å². The van der Waals surface area contributed by atoms with Gasteiger partial charge in [-0.25, -0.2) is 18.1 Å². The molecule has 1 N–H and O–H groups in total. The average molecular weight is 296 g/mol. The second-order valence-corrected chi connectivity index (χ2v) is 7.12. The van der Waals surface area contributed by atoms with Crippen molar-refractivity contribution in [3.63, 3.8) is 0 Å². The molecule has 1 aromatic heterocycles. The quantitative estimate of drug-likeness (QED) is 0.911. The number of rotatable bonds is 3. The third-order valence-corrected chi connectivity index (χ3v) is 5.80. The second kappa shape index (κ2) is 5.17. The van der Waals surface area contributed by atoms with Gasteiger partial charge in [-0.3, -0.25) is 0 Å². The summed E-state index contributed by atoms with van der Waals surface area (Å²) in [5.41, 5.74) is 0. The van der Waals surface area contributed by atoms with Crippen LogP contribution in [0.15, 0.2) is 11.4 Å². The summed E-state index contributed by atoms with van der Waals surface area (Å²) in [6, 6.07) is -0.0168. The summed E-state index contributed by atoms with van der Waals surface area (Å²) in [7, 11) is -1.94. The van der Waals surface area contributed by atoms with E-state index in [9.17, 15) is 8.42 Å². The van der Waals surface area contributed by atoms with E-state index >= 15 is 0 Å². The standard InChI is InChI=1S/C9H14ClN3O2S2/c1-13-6-11-9(8(13)10)17(14,15)12-7-3-2-4-16-5-7/h6-7,12H,2-5H2,1H3. The van der Waals surface area contributed by atoms with Gasteiger partial charge in [0.25, 0.3) is 10.0 Å². The number of aryl methyl sites for hydroxylation is 1. The van der Waals surface area contributed by atoms with Gasteiger partial charge in [-0.15, -0.1) is 0 Å². The van der Waals surface area contributed by atoms with Gasteiger partial charge in [-0.2, -0.15) is 11.8 Å². The highest BCUT2D eigenvalue weighted by Gasteiger charge is 2.26. The molecule has 5 nitrogen and oxygen atoms in total. The number of hydrogen-bond donors (Lipinski definition) is 1. The van der Waals surface area contributed by atoms with Gasteiger partial charge >= 0.3 is 0 Å². The van der Waals surface area contributed by atoms with Crippen LogP contribution in [0.4, 0.5) is 0 Å². The Morgan fingerprint density at radius 2 is 2.41 bits per heavy atom. The van der Waals surface area contributed by atoms with Crippen molar-refractivity contribution in [2.24, 2.45) is 7.05 Å². The lowest BCUT2D eigenvalue weighted by Gasteiger charge is -2.21. The zero-order valence-electron chi connectivity index (χ0n) is 9.39. The monoisotopic (exact) mass is 295 g/mol. The summed E-state index contributed by atoms with van der Waals surface area (Å²) in [6.07, 6.45) is 3.30. The molecule has 2 heterocycles. The predicted molar refractivity (Wildman–Crippen MR) is 68.9 cm³/mol. The summed E-state index contributed by atoms with van der Waals surface area (Å²) in [5.74, 6) is 1.91. The van der Waals surface area contributed by atoms with Gasteiger partial charge in [0, 0.05) is 18.8 Å². The molecule has 1 aromatic rings. The van der Waals surface area contributed by atoms with Crippen molar-refractivity contribution in [3.8, 4) is 0 Å². The Morgan fingerprint density at radius 3 is 2.94 bits per heavy atom. The molecule has 0 spiro atoms. The van der Waals surface area contributed by atoms with Gasteiger partial charge in [0.05, 0.1) is 6.33 Å². The molecule has 1 atom stereocenters. The lowest BCUT2D eigenvalue weighted by atomic mass is 10.2. The SMILES string of the molecule is Cn1cnc(S(=O)(=O)NC2CCCSC2)c1Cl. The highest BCUT2D eigenvalue weighted by atomic mass is 35.5. The van der Waals surface area contributed by atoms with Crippen LogP contribution < -0.4 is 4.72 Å². The Balaban J connectivity index is 2.16. The van der Waals surface area contributed by atoms with Gasteiger partial charge in [0.1, 0.15) is 5.15 Å². The molecule has 96 valence electrons. The van der Waals surface area contributed by atoms with E-state index < -0.39 is 10.0 Å². The topological polar surface area (TPSA) is 64.0 Å².